The van der Waals surface area contributed by atoms with Crippen molar-refractivity contribution < 1.29 is 17.9 Å². The molecule has 0 bridgehead atoms. The number of aliphatic imine (C=N–C) groups is 1. The lowest BCUT2D eigenvalue weighted by Crippen LogP contribution is -2.38. The standard InChI is InChI=1S/C19H23F3N4O.HI/c1-2-23-18(25-11-9-19(20,21)22)26-13-15-6-5-8-17(12-15)27-14-16-7-3-4-10-24-16;/h3-8,10,12H,2,9,11,13-14H2,1H3,(H2,23,25,26);1H. The summed E-state index contributed by atoms with van der Waals surface area (Å²) in [5, 5.41) is 5.62. The maximum atomic E-state index is 12.3. The van der Waals surface area contributed by atoms with E-state index in [0.29, 0.717) is 31.4 Å². The van der Waals surface area contributed by atoms with Crippen molar-refractivity contribution in [2.75, 3.05) is 13.1 Å². The molecule has 9 heteroatoms. The van der Waals surface area contributed by atoms with Crippen LogP contribution in [0.4, 0.5) is 13.2 Å². The van der Waals surface area contributed by atoms with Crippen molar-refractivity contribution in [2.24, 2.45) is 4.99 Å². The number of halogens is 4. The molecule has 0 aliphatic carbocycles. The van der Waals surface area contributed by atoms with E-state index in [0.717, 1.165) is 11.3 Å². The summed E-state index contributed by atoms with van der Waals surface area (Å²) in [7, 11) is 0. The van der Waals surface area contributed by atoms with Crippen LogP contribution in [-0.2, 0) is 13.2 Å². The molecule has 1 aromatic carbocycles. The van der Waals surface area contributed by atoms with Crippen LogP contribution in [0.25, 0.3) is 0 Å². The van der Waals surface area contributed by atoms with Crippen LogP contribution in [0.2, 0.25) is 0 Å². The van der Waals surface area contributed by atoms with E-state index in [2.05, 4.69) is 20.6 Å². The summed E-state index contributed by atoms with van der Waals surface area (Å²) in [6.07, 6.45) is -3.39. The van der Waals surface area contributed by atoms with Crippen LogP contribution in [-0.4, -0.2) is 30.2 Å². The summed E-state index contributed by atoms with van der Waals surface area (Å²) in [5.41, 5.74) is 1.71. The van der Waals surface area contributed by atoms with Gasteiger partial charge in [-0.3, -0.25) is 4.98 Å². The molecule has 2 aromatic rings. The summed E-state index contributed by atoms with van der Waals surface area (Å²) in [6.45, 7) is 2.87. The Morgan fingerprint density at radius 2 is 1.96 bits per heavy atom. The first-order valence-corrected chi connectivity index (χ1v) is 8.67. The molecular formula is C19H24F3IN4O. The Bertz CT molecular complexity index is 727. The molecule has 0 saturated heterocycles. The molecule has 154 valence electrons. The van der Waals surface area contributed by atoms with E-state index in [4.69, 9.17) is 4.74 Å². The largest absolute Gasteiger partial charge is 0.487 e. The van der Waals surface area contributed by atoms with Gasteiger partial charge < -0.3 is 15.4 Å². The van der Waals surface area contributed by atoms with Gasteiger partial charge in [0.2, 0.25) is 0 Å². The zero-order valence-electron chi connectivity index (χ0n) is 15.5. The van der Waals surface area contributed by atoms with Crippen molar-refractivity contribution in [3.05, 3.63) is 59.9 Å². The lowest BCUT2D eigenvalue weighted by molar-refractivity contribution is -0.132. The Kier molecular flexibility index (Phi) is 10.6. The number of hydrogen-bond acceptors (Lipinski definition) is 3. The van der Waals surface area contributed by atoms with E-state index in [9.17, 15) is 13.2 Å². The Balaban J connectivity index is 0.00000392. The summed E-state index contributed by atoms with van der Waals surface area (Å²) in [4.78, 5) is 8.52. The van der Waals surface area contributed by atoms with Gasteiger partial charge >= 0.3 is 6.18 Å². The van der Waals surface area contributed by atoms with Gasteiger partial charge in [0.05, 0.1) is 18.7 Å². The normalized spacial score (nSPS) is 11.5. The number of aromatic nitrogens is 1. The molecule has 0 atom stereocenters. The zero-order chi connectivity index (χ0) is 19.5. The van der Waals surface area contributed by atoms with Gasteiger partial charge in [0.1, 0.15) is 12.4 Å². The fraction of sp³-hybridized carbons (Fsp3) is 0.368. The summed E-state index contributed by atoms with van der Waals surface area (Å²) in [6, 6.07) is 13.0. The van der Waals surface area contributed by atoms with Crippen LogP contribution in [0.5, 0.6) is 5.75 Å². The second-order valence-electron chi connectivity index (χ2n) is 5.74. The number of rotatable bonds is 8. The fourth-order valence-electron chi connectivity index (χ4n) is 2.21. The molecule has 0 aliphatic rings. The Morgan fingerprint density at radius 3 is 2.64 bits per heavy atom. The number of benzene rings is 1. The first-order chi connectivity index (χ1) is 13.0. The van der Waals surface area contributed by atoms with Crippen LogP contribution in [0.1, 0.15) is 24.6 Å². The molecule has 0 radical (unpaired) electrons. The number of guanidine groups is 1. The van der Waals surface area contributed by atoms with Crippen LogP contribution in [0.15, 0.2) is 53.7 Å². The van der Waals surface area contributed by atoms with Crippen molar-refractivity contribution >= 4 is 29.9 Å². The monoisotopic (exact) mass is 508 g/mol. The topological polar surface area (TPSA) is 58.5 Å². The third-order valence-corrected chi connectivity index (χ3v) is 3.48. The molecule has 0 spiro atoms. The average molecular weight is 508 g/mol. The van der Waals surface area contributed by atoms with E-state index in [1.807, 2.05) is 49.4 Å². The summed E-state index contributed by atoms with van der Waals surface area (Å²) in [5.74, 6) is 1.03. The van der Waals surface area contributed by atoms with Crippen molar-refractivity contribution in [1.29, 1.82) is 0 Å². The Morgan fingerprint density at radius 1 is 1.14 bits per heavy atom. The number of nitrogens with one attached hydrogen (secondary N) is 2. The minimum absolute atomic E-state index is 0. The number of ether oxygens (including phenoxy) is 1. The molecule has 28 heavy (non-hydrogen) atoms. The highest BCUT2D eigenvalue weighted by atomic mass is 127. The highest BCUT2D eigenvalue weighted by Gasteiger charge is 2.26. The van der Waals surface area contributed by atoms with Gasteiger partial charge in [0.25, 0.3) is 0 Å². The van der Waals surface area contributed by atoms with Gasteiger partial charge in [0.15, 0.2) is 5.96 Å². The predicted octanol–water partition coefficient (Wildman–Crippen LogP) is 4.29. The highest BCUT2D eigenvalue weighted by Crippen LogP contribution is 2.18. The van der Waals surface area contributed by atoms with Gasteiger partial charge in [-0.05, 0) is 36.8 Å². The van der Waals surface area contributed by atoms with Crippen LogP contribution in [0.3, 0.4) is 0 Å². The van der Waals surface area contributed by atoms with E-state index in [-0.39, 0.29) is 30.5 Å². The van der Waals surface area contributed by atoms with Gasteiger partial charge in [-0.2, -0.15) is 13.2 Å². The maximum absolute atomic E-state index is 12.3. The molecular weight excluding hydrogens is 484 g/mol. The second-order valence-corrected chi connectivity index (χ2v) is 5.74. The minimum atomic E-state index is -4.19. The number of hydrogen-bond donors (Lipinski definition) is 2. The molecule has 1 aromatic heterocycles. The van der Waals surface area contributed by atoms with E-state index in [1.165, 1.54) is 0 Å². The van der Waals surface area contributed by atoms with Gasteiger partial charge in [-0.1, -0.05) is 18.2 Å². The smallest absolute Gasteiger partial charge is 0.390 e. The van der Waals surface area contributed by atoms with Gasteiger partial charge in [0, 0.05) is 19.3 Å². The number of alkyl halides is 3. The molecule has 0 amide bonds. The third kappa shape index (κ3) is 9.77. The van der Waals surface area contributed by atoms with Crippen molar-refractivity contribution in [1.82, 2.24) is 15.6 Å². The zero-order valence-corrected chi connectivity index (χ0v) is 17.8. The van der Waals surface area contributed by atoms with Crippen molar-refractivity contribution in [3.63, 3.8) is 0 Å². The number of pyridine rings is 1. The van der Waals surface area contributed by atoms with Crippen LogP contribution < -0.4 is 15.4 Å². The molecule has 2 N–H and O–H groups in total. The van der Waals surface area contributed by atoms with Gasteiger partial charge in [-0.15, -0.1) is 24.0 Å². The lowest BCUT2D eigenvalue weighted by Gasteiger charge is -2.12. The van der Waals surface area contributed by atoms with Crippen LogP contribution >= 0.6 is 24.0 Å². The third-order valence-electron chi connectivity index (χ3n) is 3.48. The lowest BCUT2D eigenvalue weighted by atomic mass is 10.2. The van der Waals surface area contributed by atoms with E-state index in [1.54, 1.807) is 6.20 Å². The first kappa shape index (κ1) is 24.0. The predicted molar refractivity (Wildman–Crippen MR) is 114 cm³/mol. The van der Waals surface area contributed by atoms with Crippen LogP contribution in [0, 0.1) is 0 Å². The van der Waals surface area contributed by atoms with E-state index < -0.39 is 12.6 Å². The summed E-state index contributed by atoms with van der Waals surface area (Å²) < 4.78 is 42.5. The molecule has 5 nitrogen and oxygen atoms in total. The second kappa shape index (κ2) is 12.4. The number of nitrogens with zero attached hydrogens (tertiary/aromatic N) is 2. The molecule has 0 aliphatic heterocycles. The average Bonchev–Trinajstić information content (AvgIpc) is 2.65. The minimum Gasteiger partial charge on any atom is -0.487 e. The van der Waals surface area contributed by atoms with Gasteiger partial charge in [-0.25, -0.2) is 4.99 Å². The first-order valence-electron chi connectivity index (χ1n) is 8.67. The van der Waals surface area contributed by atoms with Crippen molar-refractivity contribution in [3.8, 4) is 5.75 Å². The van der Waals surface area contributed by atoms with E-state index >= 15 is 0 Å². The molecule has 0 unspecified atom stereocenters. The Labute approximate surface area is 179 Å². The molecule has 0 saturated carbocycles. The fourth-order valence-corrected chi connectivity index (χ4v) is 2.21. The molecule has 0 fully saturated rings. The Hall–Kier alpha value is -2.04. The highest BCUT2D eigenvalue weighted by molar-refractivity contribution is 14.0. The SMILES string of the molecule is CCNC(=NCc1cccc(OCc2ccccn2)c1)NCCC(F)(F)F.I. The molecule has 2 rings (SSSR count). The summed E-state index contributed by atoms with van der Waals surface area (Å²) >= 11 is 0. The molecule has 1 heterocycles. The van der Waals surface area contributed by atoms with Crippen molar-refractivity contribution in [2.45, 2.75) is 32.7 Å². The quantitative estimate of drug-likeness (QED) is 0.318. The maximum Gasteiger partial charge on any atom is 0.390 e.